The van der Waals surface area contributed by atoms with Gasteiger partial charge in [0.05, 0.1) is 24.8 Å². The number of Topliss-reactive ketones (excluding diaryl/α,β-unsaturated/α-hetero) is 1. The number of amides is 1. The molecular weight excluding hydrogens is 412 g/mol. The SMILES string of the molecule is COc1ccc2c(c1)C(CC(=O)c1cccc(NC(=O)c3ccccc3C)c1)=NC(C)(C)C2. The maximum atomic E-state index is 13.2. The summed E-state index contributed by atoms with van der Waals surface area (Å²) < 4.78 is 5.39. The van der Waals surface area contributed by atoms with Crippen molar-refractivity contribution < 1.29 is 14.3 Å². The van der Waals surface area contributed by atoms with Crippen molar-refractivity contribution in [3.63, 3.8) is 0 Å². The van der Waals surface area contributed by atoms with Crippen LogP contribution in [0.15, 0.2) is 71.7 Å². The number of methoxy groups -OCH3 is 1. The molecule has 1 heterocycles. The standard InChI is InChI=1S/C28H28N2O3/c1-18-8-5-6-11-23(18)27(32)29-21-10-7-9-19(14-21)26(31)16-25-24-15-22(33-4)13-12-20(24)17-28(2,3)30-25/h5-15H,16-17H2,1-4H3,(H,29,32). The van der Waals surface area contributed by atoms with Crippen LogP contribution in [-0.4, -0.2) is 30.1 Å². The van der Waals surface area contributed by atoms with Gasteiger partial charge in [0.25, 0.3) is 5.91 Å². The van der Waals surface area contributed by atoms with Crippen LogP contribution in [-0.2, 0) is 6.42 Å². The smallest absolute Gasteiger partial charge is 0.255 e. The van der Waals surface area contributed by atoms with Crippen molar-refractivity contribution in [3.8, 4) is 5.75 Å². The fourth-order valence-electron chi connectivity index (χ4n) is 4.22. The van der Waals surface area contributed by atoms with Crippen molar-refractivity contribution in [2.45, 2.75) is 39.2 Å². The number of benzene rings is 3. The summed E-state index contributed by atoms with van der Waals surface area (Å²) in [6.45, 7) is 6.05. The zero-order chi connectivity index (χ0) is 23.6. The number of hydrogen-bond donors (Lipinski definition) is 1. The Kier molecular flexibility index (Phi) is 6.14. The Bertz CT molecular complexity index is 1260. The molecule has 1 aliphatic rings. The zero-order valence-corrected chi connectivity index (χ0v) is 19.4. The quantitative estimate of drug-likeness (QED) is 0.504. The minimum absolute atomic E-state index is 0.0489. The average molecular weight is 441 g/mol. The van der Waals surface area contributed by atoms with Gasteiger partial charge in [-0.1, -0.05) is 36.4 Å². The van der Waals surface area contributed by atoms with E-state index in [-0.39, 0.29) is 23.7 Å². The monoisotopic (exact) mass is 440 g/mol. The van der Waals surface area contributed by atoms with Crippen LogP contribution in [0.1, 0.15) is 57.7 Å². The van der Waals surface area contributed by atoms with Gasteiger partial charge in [0.1, 0.15) is 5.75 Å². The first-order valence-corrected chi connectivity index (χ1v) is 11.0. The summed E-state index contributed by atoms with van der Waals surface area (Å²) in [6, 6.07) is 20.4. The van der Waals surface area contributed by atoms with Gasteiger partial charge in [0, 0.05) is 22.4 Å². The molecule has 33 heavy (non-hydrogen) atoms. The van der Waals surface area contributed by atoms with Gasteiger partial charge in [-0.15, -0.1) is 0 Å². The number of aryl methyl sites for hydroxylation is 1. The lowest BCUT2D eigenvalue weighted by Crippen LogP contribution is -2.30. The summed E-state index contributed by atoms with van der Waals surface area (Å²) in [5.74, 6) is 0.499. The number of aliphatic imine (C=N–C) groups is 1. The molecule has 4 rings (SSSR count). The third-order valence-electron chi connectivity index (χ3n) is 5.85. The van der Waals surface area contributed by atoms with Crippen LogP contribution in [0.2, 0.25) is 0 Å². The molecule has 168 valence electrons. The van der Waals surface area contributed by atoms with E-state index in [0.717, 1.165) is 34.6 Å². The molecule has 0 radical (unpaired) electrons. The highest BCUT2D eigenvalue weighted by molar-refractivity contribution is 6.17. The van der Waals surface area contributed by atoms with Gasteiger partial charge in [-0.3, -0.25) is 14.6 Å². The van der Waals surface area contributed by atoms with Crippen molar-refractivity contribution >= 4 is 23.1 Å². The molecule has 0 unspecified atom stereocenters. The predicted molar refractivity (Wildman–Crippen MR) is 132 cm³/mol. The van der Waals surface area contributed by atoms with Crippen LogP contribution < -0.4 is 10.1 Å². The lowest BCUT2D eigenvalue weighted by Gasteiger charge is -2.29. The van der Waals surface area contributed by atoms with E-state index in [1.54, 1.807) is 37.4 Å². The first-order valence-electron chi connectivity index (χ1n) is 11.0. The first kappa shape index (κ1) is 22.5. The topological polar surface area (TPSA) is 67.8 Å². The molecule has 5 nitrogen and oxygen atoms in total. The van der Waals surface area contributed by atoms with E-state index in [9.17, 15) is 9.59 Å². The number of carbonyl (C=O) groups excluding carboxylic acids is 2. The van der Waals surface area contributed by atoms with E-state index in [1.165, 1.54) is 0 Å². The Balaban J connectivity index is 1.56. The van der Waals surface area contributed by atoms with E-state index in [1.807, 2.05) is 37.3 Å². The highest BCUT2D eigenvalue weighted by atomic mass is 16.5. The average Bonchev–Trinajstić information content (AvgIpc) is 2.78. The normalized spacial score (nSPS) is 14.1. The molecule has 5 heteroatoms. The van der Waals surface area contributed by atoms with E-state index < -0.39 is 0 Å². The Morgan fingerprint density at radius 2 is 1.82 bits per heavy atom. The number of ketones is 1. The summed E-state index contributed by atoms with van der Waals surface area (Å²) >= 11 is 0. The van der Waals surface area contributed by atoms with Crippen molar-refractivity contribution in [2.75, 3.05) is 12.4 Å². The molecule has 1 aliphatic heterocycles. The van der Waals surface area contributed by atoms with Crippen LogP contribution in [0, 0.1) is 6.92 Å². The van der Waals surface area contributed by atoms with E-state index in [2.05, 4.69) is 25.2 Å². The fraction of sp³-hybridized carbons (Fsp3) is 0.250. The molecule has 1 amide bonds. The molecule has 0 bridgehead atoms. The molecule has 0 aromatic heterocycles. The lowest BCUT2D eigenvalue weighted by atomic mass is 9.85. The van der Waals surface area contributed by atoms with Gasteiger partial charge < -0.3 is 10.1 Å². The number of nitrogens with one attached hydrogen (secondary N) is 1. The molecule has 0 fully saturated rings. The third kappa shape index (κ3) is 5.03. The fourth-order valence-corrected chi connectivity index (χ4v) is 4.22. The van der Waals surface area contributed by atoms with E-state index >= 15 is 0 Å². The Labute approximate surface area is 194 Å². The second-order valence-corrected chi connectivity index (χ2v) is 9.02. The van der Waals surface area contributed by atoms with Crippen molar-refractivity contribution in [1.29, 1.82) is 0 Å². The number of rotatable bonds is 6. The first-order chi connectivity index (χ1) is 15.8. The Hall–Kier alpha value is -3.73. The van der Waals surface area contributed by atoms with Crippen molar-refractivity contribution in [1.82, 2.24) is 0 Å². The molecule has 3 aromatic rings. The second-order valence-electron chi connectivity index (χ2n) is 9.02. The minimum Gasteiger partial charge on any atom is -0.497 e. The largest absolute Gasteiger partial charge is 0.497 e. The van der Waals surface area contributed by atoms with Crippen molar-refractivity contribution in [2.24, 2.45) is 4.99 Å². The van der Waals surface area contributed by atoms with Crippen LogP contribution in [0.25, 0.3) is 0 Å². The number of fused-ring (bicyclic) bond motifs is 1. The Morgan fingerprint density at radius 3 is 2.58 bits per heavy atom. The molecule has 3 aromatic carbocycles. The number of hydrogen-bond acceptors (Lipinski definition) is 4. The molecule has 1 N–H and O–H groups in total. The molecular formula is C28H28N2O3. The summed E-state index contributed by atoms with van der Waals surface area (Å²) in [5, 5.41) is 2.90. The zero-order valence-electron chi connectivity index (χ0n) is 19.4. The predicted octanol–water partition coefficient (Wildman–Crippen LogP) is 5.65. The maximum absolute atomic E-state index is 13.2. The van der Waals surface area contributed by atoms with Gasteiger partial charge in [-0.25, -0.2) is 0 Å². The third-order valence-corrected chi connectivity index (χ3v) is 5.85. The molecule has 0 saturated heterocycles. The summed E-state index contributed by atoms with van der Waals surface area (Å²) in [5.41, 5.74) is 5.24. The second kappa shape index (κ2) is 9.02. The van der Waals surface area contributed by atoms with Gasteiger partial charge >= 0.3 is 0 Å². The van der Waals surface area contributed by atoms with Crippen LogP contribution in [0.5, 0.6) is 5.75 Å². The van der Waals surface area contributed by atoms with Gasteiger partial charge in [0.15, 0.2) is 5.78 Å². The number of anilines is 1. The highest BCUT2D eigenvalue weighted by Gasteiger charge is 2.28. The minimum atomic E-state index is -0.277. The maximum Gasteiger partial charge on any atom is 0.255 e. The molecule has 0 atom stereocenters. The van der Waals surface area contributed by atoms with Crippen LogP contribution >= 0.6 is 0 Å². The number of nitrogens with zero attached hydrogens (tertiary/aromatic N) is 1. The summed E-state index contributed by atoms with van der Waals surface area (Å²) in [7, 11) is 1.63. The van der Waals surface area contributed by atoms with E-state index in [0.29, 0.717) is 16.8 Å². The molecule has 0 spiro atoms. The van der Waals surface area contributed by atoms with Gasteiger partial charge in [-0.2, -0.15) is 0 Å². The summed E-state index contributed by atoms with van der Waals surface area (Å²) in [6.07, 6.45) is 0.989. The lowest BCUT2D eigenvalue weighted by molar-refractivity contribution is 0.0996. The number of carbonyl (C=O) groups is 2. The van der Waals surface area contributed by atoms with Crippen LogP contribution in [0.4, 0.5) is 5.69 Å². The summed E-state index contributed by atoms with van der Waals surface area (Å²) in [4.78, 5) is 30.8. The molecule has 0 saturated carbocycles. The highest BCUT2D eigenvalue weighted by Crippen LogP contribution is 2.31. The molecule has 0 aliphatic carbocycles. The Morgan fingerprint density at radius 1 is 1.03 bits per heavy atom. The van der Waals surface area contributed by atoms with Crippen molar-refractivity contribution in [3.05, 3.63) is 94.5 Å². The van der Waals surface area contributed by atoms with Crippen LogP contribution in [0.3, 0.4) is 0 Å². The van der Waals surface area contributed by atoms with E-state index in [4.69, 9.17) is 9.73 Å². The van der Waals surface area contributed by atoms with Gasteiger partial charge in [-0.05, 0) is 68.7 Å². The van der Waals surface area contributed by atoms with Gasteiger partial charge in [0.2, 0.25) is 0 Å². The number of ether oxygens (including phenoxy) is 1.